The molecule has 2 N–H and O–H groups in total. The van der Waals surface area contributed by atoms with Gasteiger partial charge in [-0.2, -0.15) is 0 Å². The van der Waals surface area contributed by atoms with E-state index in [0.29, 0.717) is 0 Å². The summed E-state index contributed by atoms with van der Waals surface area (Å²) in [5.41, 5.74) is 7.56. The molecule has 1 rings (SSSR count). The van der Waals surface area contributed by atoms with E-state index in [2.05, 4.69) is 9.72 Å². The van der Waals surface area contributed by atoms with Crippen molar-refractivity contribution in [3.05, 3.63) is 29.6 Å². The molecule has 0 aliphatic rings. The Kier molecular flexibility index (Phi) is 3.59. The van der Waals surface area contributed by atoms with Crippen molar-refractivity contribution in [3.63, 3.8) is 0 Å². The van der Waals surface area contributed by atoms with Crippen LogP contribution in [0.3, 0.4) is 0 Å². The molecule has 4 nitrogen and oxygen atoms in total. The van der Waals surface area contributed by atoms with E-state index >= 15 is 0 Å². The number of pyridine rings is 1. The lowest BCUT2D eigenvalue weighted by molar-refractivity contribution is -0.141. The third-order valence-electron chi connectivity index (χ3n) is 1.98. The number of ether oxygens (including phenoxy) is 1. The first-order valence-electron chi connectivity index (χ1n) is 4.38. The van der Waals surface area contributed by atoms with Gasteiger partial charge in [0.25, 0.3) is 0 Å². The van der Waals surface area contributed by atoms with Crippen LogP contribution in [-0.2, 0) is 9.53 Å². The number of esters is 1. The van der Waals surface area contributed by atoms with Gasteiger partial charge in [-0.25, -0.2) is 0 Å². The Morgan fingerprint density at radius 3 is 2.86 bits per heavy atom. The first kappa shape index (κ1) is 10.7. The van der Waals surface area contributed by atoms with Crippen LogP contribution in [0.25, 0.3) is 0 Å². The second-order valence-electron chi connectivity index (χ2n) is 3.12. The molecule has 1 atom stereocenters. The molecule has 76 valence electrons. The number of methoxy groups -OCH3 is 1. The number of nitrogens with zero attached hydrogens (tertiary/aromatic N) is 1. The van der Waals surface area contributed by atoms with Gasteiger partial charge < -0.3 is 10.5 Å². The van der Waals surface area contributed by atoms with Gasteiger partial charge in [-0.1, -0.05) is 6.07 Å². The summed E-state index contributed by atoms with van der Waals surface area (Å²) < 4.78 is 4.53. The average Bonchev–Trinajstić information content (AvgIpc) is 2.18. The molecule has 0 spiro atoms. The molecular formula is C10H14N2O2. The second kappa shape index (κ2) is 4.72. The minimum Gasteiger partial charge on any atom is -0.469 e. The first-order valence-corrected chi connectivity index (χ1v) is 4.38. The fourth-order valence-corrected chi connectivity index (χ4v) is 1.08. The lowest BCUT2D eigenvalue weighted by atomic mass is 10.1. The van der Waals surface area contributed by atoms with Gasteiger partial charge in [-0.3, -0.25) is 9.78 Å². The Morgan fingerprint density at radius 1 is 1.64 bits per heavy atom. The highest BCUT2D eigenvalue weighted by atomic mass is 16.5. The van der Waals surface area contributed by atoms with Crippen molar-refractivity contribution in [2.45, 2.75) is 19.4 Å². The molecule has 0 fully saturated rings. The summed E-state index contributed by atoms with van der Waals surface area (Å²) in [4.78, 5) is 15.0. The van der Waals surface area contributed by atoms with Gasteiger partial charge in [0.1, 0.15) is 0 Å². The Bertz CT molecular complexity index is 308. The minimum atomic E-state index is -0.337. The van der Waals surface area contributed by atoms with Crippen LogP contribution in [0.15, 0.2) is 18.3 Å². The number of carbonyl (C=O) groups is 1. The number of nitrogens with two attached hydrogens (primary N) is 1. The lowest BCUT2D eigenvalue weighted by Crippen LogP contribution is -2.16. The first-order chi connectivity index (χ1) is 6.63. The summed E-state index contributed by atoms with van der Waals surface area (Å²) in [5.74, 6) is -0.307. The number of hydrogen-bond acceptors (Lipinski definition) is 4. The standard InChI is InChI=1S/C10H14N2O2/c1-7-3-4-8(6-12-7)9(11)5-10(13)14-2/h3-4,6,9H,5,11H2,1-2H3/t9-/m1/s1. The van der Waals surface area contributed by atoms with E-state index in [4.69, 9.17) is 5.73 Å². The monoisotopic (exact) mass is 194 g/mol. The SMILES string of the molecule is COC(=O)C[C@@H](N)c1ccc(C)nc1. The molecule has 0 aliphatic heterocycles. The molecule has 0 radical (unpaired) electrons. The molecule has 1 aromatic heterocycles. The normalized spacial score (nSPS) is 12.2. The third kappa shape index (κ3) is 2.81. The summed E-state index contributed by atoms with van der Waals surface area (Å²) >= 11 is 0. The van der Waals surface area contributed by atoms with Crippen molar-refractivity contribution in [3.8, 4) is 0 Å². The average molecular weight is 194 g/mol. The van der Waals surface area contributed by atoms with Crippen LogP contribution in [0, 0.1) is 6.92 Å². The van der Waals surface area contributed by atoms with Crippen molar-refractivity contribution in [1.82, 2.24) is 4.98 Å². The molecule has 0 amide bonds. The predicted octanol–water partition coefficient (Wildman–Crippen LogP) is 0.953. The van der Waals surface area contributed by atoms with Gasteiger partial charge in [0, 0.05) is 17.9 Å². The molecule has 4 heteroatoms. The summed E-state index contributed by atoms with van der Waals surface area (Å²) in [5, 5.41) is 0. The number of aromatic nitrogens is 1. The Labute approximate surface area is 83.1 Å². The topological polar surface area (TPSA) is 65.2 Å². The lowest BCUT2D eigenvalue weighted by Gasteiger charge is -2.09. The van der Waals surface area contributed by atoms with Crippen molar-refractivity contribution >= 4 is 5.97 Å². The molecule has 0 saturated carbocycles. The summed E-state index contributed by atoms with van der Waals surface area (Å²) in [7, 11) is 1.35. The van der Waals surface area contributed by atoms with Crippen molar-refractivity contribution in [2.24, 2.45) is 5.73 Å². The smallest absolute Gasteiger partial charge is 0.307 e. The summed E-state index contributed by atoms with van der Waals surface area (Å²) in [6.45, 7) is 1.90. The fourth-order valence-electron chi connectivity index (χ4n) is 1.08. The summed E-state index contributed by atoms with van der Waals surface area (Å²) in [6, 6.07) is 3.40. The zero-order chi connectivity index (χ0) is 10.6. The second-order valence-corrected chi connectivity index (χ2v) is 3.12. The van der Waals surface area contributed by atoms with Gasteiger partial charge in [-0.15, -0.1) is 0 Å². The molecular weight excluding hydrogens is 180 g/mol. The van der Waals surface area contributed by atoms with Gasteiger partial charge in [0.05, 0.1) is 13.5 Å². The van der Waals surface area contributed by atoms with Crippen LogP contribution in [-0.4, -0.2) is 18.1 Å². The number of rotatable bonds is 3. The summed E-state index contributed by atoms with van der Waals surface area (Å²) in [6.07, 6.45) is 1.87. The maximum Gasteiger partial charge on any atom is 0.307 e. The number of carbonyl (C=O) groups excluding carboxylic acids is 1. The highest BCUT2D eigenvalue weighted by Crippen LogP contribution is 2.13. The third-order valence-corrected chi connectivity index (χ3v) is 1.98. The van der Waals surface area contributed by atoms with E-state index in [-0.39, 0.29) is 18.4 Å². The minimum absolute atomic E-state index is 0.182. The van der Waals surface area contributed by atoms with Crippen LogP contribution in [0.2, 0.25) is 0 Å². The predicted molar refractivity (Wildman–Crippen MR) is 52.5 cm³/mol. The highest BCUT2D eigenvalue weighted by Gasteiger charge is 2.11. The van der Waals surface area contributed by atoms with E-state index in [9.17, 15) is 4.79 Å². The quantitative estimate of drug-likeness (QED) is 0.727. The van der Waals surface area contributed by atoms with Crippen molar-refractivity contribution in [1.29, 1.82) is 0 Å². The van der Waals surface area contributed by atoms with Crippen LogP contribution in [0.5, 0.6) is 0 Å². The molecule has 0 aromatic carbocycles. The van der Waals surface area contributed by atoms with Crippen molar-refractivity contribution in [2.75, 3.05) is 7.11 Å². The van der Waals surface area contributed by atoms with Gasteiger partial charge >= 0.3 is 5.97 Å². The molecule has 0 aliphatic carbocycles. The van der Waals surface area contributed by atoms with E-state index in [1.165, 1.54) is 7.11 Å². The Balaban J connectivity index is 2.65. The molecule has 1 aromatic rings. The van der Waals surface area contributed by atoms with Gasteiger partial charge in [-0.05, 0) is 18.6 Å². The van der Waals surface area contributed by atoms with Crippen LogP contribution >= 0.6 is 0 Å². The zero-order valence-electron chi connectivity index (χ0n) is 8.36. The van der Waals surface area contributed by atoms with E-state index in [1.54, 1.807) is 6.20 Å². The maximum absolute atomic E-state index is 10.9. The largest absolute Gasteiger partial charge is 0.469 e. The van der Waals surface area contributed by atoms with Crippen LogP contribution in [0.4, 0.5) is 0 Å². The Morgan fingerprint density at radius 2 is 2.36 bits per heavy atom. The zero-order valence-corrected chi connectivity index (χ0v) is 8.36. The number of aryl methyl sites for hydroxylation is 1. The Hall–Kier alpha value is -1.42. The van der Waals surface area contributed by atoms with Crippen LogP contribution in [0.1, 0.15) is 23.7 Å². The highest BCUT2D eigenvalue weighted by molar-refractivity contribution is 5.70. The molecule has 14 heavy (non-hydrogen) atoms. The van der Waals surface area contributed by atoms with Crippen molar-refractivity contribution < 1.29 is 9.53 Å². The van der Waals surface area contributed by atoms with E-state index < -0.39 is 0 Å². The maximum atomic E-state index is 10.9. The molecule has 1 heterocycles. The molecule has 0 unspecified atom stereocenters. The van der Waals surface area contributed by atoms with Gasteiger partial charge in [0.2, 0.25) is 0 Å². The molecule has 0 bridgehead atoms. The molecule has 0 saturated heterocycles. The van der Waals surface area contributed by atoms with Crippen LogP contribution < -0.4 is 5.73 Å². The van der Waals surface area contributed by atoms with E-state index in [0.717, 1.165) is 11.3 Å². The number of hydrogen-bond donors (Lipinski definition) is 1. The fraction of sp³-hybridized carbons (Fsp3) is 0.400. The van der Waals surface area contributed by atoms with Gasteiger partial charge in [0.15, 0.2) is 0 Å². The van der Waals surface area contributed by atoms with E-state index in [1.807, 2.05) is 19.1 Å².